The van der Waals surface area contributed by atoms with Crippen LogP contribution in [0.3, 0.4) is 0 Å². The Morgan fingerprint density at radius 3 is 2.62 bits per heavy atom. The minimum atomic E-state index is -3.14. The molecule has 1 heterocycles. The van der Waals surface area contributed by atoms with Gasteiger partial charge in [-0.3, -0.25) is 0 Å². The summed E-state index contributed by atoms with van der Waals surface area (Å²) in [7, 11) is -1.64. The van der Waals surface area contributed by atoms with Crippen molar-refractivity contribution >= 4 is 10.0 Å². The predicted molar refractivity (Wildman–Crippen MR) is 47.6 cm³/mol. The molecule has 0 N–H and O–H groups in total. The van der Waals surface area contributed by atoms with E-state index in [1.165, 1.54) is 11.4 Å². The zero-order chi connectivity index (χ0) is 10.1. The zero-order valence-corrected chi connectivity index (χ0v) is 8.63. The SMILES string of the molecule is Cc1cc(CN(C)S(C)(=O)=O)no1. The van der Waals surface area contributed by atoms with Gasteiger partial charge in [-0.15, -0.1) is 0 Å². The Morgan fingerprint density at radius 2 is 2.23 bits per heavy atom. The molecule has 0 aliphatic rings. The summed E-state index contributed by atoms with van der Waals surface area (Å²) in [5.74, 6) is 0.678. The third-order valence-corrected chi connectivity index (χ3v) is 2.89. The van der Waals surface area contributed by atoms with Gasteiger partial charge < -0.3 is 4.52 Å². The highest BCUT2D eigenvalue weighted by Gasteiger charge is 2.13. The molecule has 0 aliphatic carbocycles. The van der Waals surface area contributed by atoms with Crippen molar-refractivity contribution in [1.82, 2.24) is 9.46 Å². The van der Waals surface area contributed by atoms with Crippen LogP contribution in [0, 0.1) is 6.92 Å². The second-order valence-corrected chi connectivity index (χ2v) is 5.04. The predicted octanol–water partition coefficient (Wildman–Crippen LogP) is 0.374. The highest BCUT2D eigenvalue weighted by Crippen LogP contribution is 2.06. The van der Waals surface area contributed by atoms with Gasteiger partial charge in [0.25, 0.3) is 0 Å². The van der Waals surface area contributed by atoms with Crippen LogP contribution >= 0.6 is 0 Å². The first-order chi connectivity index (χ1) is 5.89. The smallest absolute Gasteiger partial charge is 0.211 e. The van der Waals surface area contributed by atoms with E-state index in [4.69, 9.17) is 4.52 Å². The molecule has 0 spiro atoms. The molecule has 0 bridgehead atoms. The Labute approximate surface area is 77.4 Å². The van der Waals surface area contributed by atoms with Crippen LogP contribution in [0.15, 0.2) is 10.6 Å². The van der Waals surface area contributed by atoms with E-state index in [1.807, 2.05) is 0 Å². The summed E-state index contributed by atoms with van der Waals surface area (Å²) in [6, 6.07) is 1.71. The second-order valence-electron chi connectivity index (χ2n) is 2.95. The fourth-order valence-corrected chi connectivity index (χ4v) is 1.20. The van der Waals surface area contributed by atoms with Crippen LogP contribution in [0.2, 0.25) is 0 Å². The largest absolute Gasteiger partial charge is 0.361 e. The Balaban J connectivity index is 2.71. The molecule has 0 amide bonds. The van der Waals surface area contributed by atoms with E-state index in [9.17, 15) is 8.42 Å². The van der Waals surface area contributed by atoms with Crippen molar-refractivity contribution < 1.29 is 12.9 Å². The van der Waals surface area contributed by atoms with Gasteiger partial charge in [-0.05, 0) is 6.92 Å². The van der Waals surface area contributed by atoms with Crippen molar-refractivity contribution in [3.63, 3.8) is 0 Å². The molecule has 13 heavy (non-hydrogen) atoms. The van der Waals surface area contributed by atoms with Gasteiger partial charge in [0.05, 0.1) is 18.5 Å². The van der Waals surface area contributed by atoms with Crippen LogP contribution in [0.25, 0.3) is 0 Å². The maximum Gasteiger partial charge on any atom is 0.211 e. The van der Waals surface area contributed by atoms with E-state index < -0.39 is 10.0 Å². The standard InChI is InChI=1S/C7H12N2O3S/c1-6-4-7(8-12-6)5-9(2)13(3,10)11/h4H,5H2,1-3H3. The van der Waals surface area contributed by atoms with E-state index in [0.29, 0.717) is 11.5 Å². The molecule has 0 radical (unpaired) electrons. The molecule has 74 valence electrons. The van der Waals surface area contributed by atoms with Crippen molar-refractivity contribution in [2.24, 2.45) is 0 Å². The fraction of sp³-hybridized carbons (Fsp3) is 0.571. The fourth-order valence-electron chi connectivity index (χ4n) is 0.838. The molecular weight excluding hydrogens is 192 g/mol. The van der Waals surface area contributed by atoms with E-state index in [0.717, 1.165) is 6.26 Å². The summed E-state index contributed by atoms with van der Waals surface area (Å²) >= 11 is 0. The summed E-state index contributed by atoms with van der Waals surface area (Å²) in [5.41, 5.74) is 0.616. The van der Waals surface area contributed by atoms with Gasteiger partial charge in [0.15, 0.2) is 0 Å². The van der Waals surface area contributed by atoms with Crippen molar-refractivity contribution in [2.75, 3.05) is 13.3 Å². The van der Waals surface area contributed by atoms with E-state index in [1.54, 1.807) is 13.0 Å². The molecular formula is C7H12N2O3S. The van der Waals surface area contributed by atoms with Gasteiger partial charge >= 0.3 is 0 Å². The molecule has 0 atom stereocenters. The Hall–Kier alpha value is -0.880. The maximum absolute atomic E-state index is 11.0. The zero-order valence-electron chi connectivity index (χ0n) is 7.81. The highest BCUT2D eigenvalue weighted by molar-refractivity contribution is 7.88. The third kappa shape index (κ3) is 2.82. The minimum Gasteiger partial charge on any atom is -0.361 e. The lowest BCUT2D eigenvalue weighted by molar-refractivity contribution is 0.378. The first-order valence-electron chi connectivity index (χ1n) is 3.73. The van der Waals surface area contributed by atoms with Crippen molar-refractivity contribution in [2.45, 2.75) is 13.5 Å². The molecule has 1 aromatic rings. The summed E-state index contributed by atoms with van der Waals surface area (Å²) in [5, 5.41) is 3.69. The lowest BCUT2D eigenvalue weighted by atomic mass is 10.4. The molecule has 6 heteroatoms. The lowest BCUT2D eigenvalue weighted by Crippen LogP contribution is -2.24. The van der Waals surface area contributed by atoms with Gasteiger partial charge in [0.2, 0.25) is 10.0 Å². The minimum absolute atomic E-state index is 0.246. The van der Waals surface area contributed by atoms with Crippen LogP contribution in [0.4, 0.5) is 0 Å². The summed E-state index contributed by atoms with van der Waals surface area (Å²) < 4.78 is 28.0. The van der Waals surface area contributed by atoms with Gasteiger partial charge in [-0.1, -0.05) is 5.16 Å². The van der Waals surface area contributed by atoms with Crippen molar-refractivity contribution in [1.29, 1.82) is 0 Å². The molecule has 1 rings (SSSR count). The van der Waals surface area contributed by atoms with Crippen LogP contribution in [0.5, 0.6) is 0 Å². The number of rotatable bonds is 3. The highest BCUT2D eigenvalue weighted by atomic mass is 32.2. The Morgan fingerprint density at radius 1 is 1.62 bits per heavy atom. The summed E-state index contributed by atoms with van der Waals surface area (Å²) in [6.45, 7) is 2.01. The molecule has 0 unspecified atom stereocenters. The van der Waals surface area contributed by atoms with E-state index in [2.05, 4.69) is 5.16 Å². The Kier molecular flexibility index (Phi) is 2.72. The number of hydrogen-bond donors (Lipinski definition) is 0. The molecule has 0 fully saturated rings. The van der Waals surface area contributed by atoms with E-state index in [-0.39, 0.29) is 6.54 Å². The molecule has 5 nitrogen and oxygen atoms in total. The quantitative estimate of drug-likeness (QED) is 0.713. The number of aryl methyl sites for hydroxylation is 1. The van der Waals surface area contributed by atoms with Gasteiger partial charge in [0.1, 0.15) is 5.76 Å². The van der Waals surface area contributed by atoms with Gasteiger partial charge in [-0.2, -0.15) is 4.31 Å². The maximum atomic E-state index is 11.0. The number of aromatic nitrogens is 1. The van der Waals surface area contributed by atoms with Crippen LogP contribution in [0.1, 0.15) is 11.5 Å². The average Bonchev–Trinajstić information content (AvgIpc) is 2.33. The number of sulfonamides is 1. The Bertz CT molecular complexity index is 382. The monoisotopic (exact) mass is 204 g/mol. The molecule has 0 aliphatic heterocycles. The number of hydrogen-bond acceptors (Lipinski definition) is 4. The van der Waals surface area contributed by atoms with Crippen LogP contribution in [-0.4, -0.2) is 31.2 Å². The summed E-state index contributed by atoms with van der Waals surface area (Å²) in [4.78, 5) is 0. The molecule has 0 saturated carbocycles. The van der Waals surface area contributed by atoms with Crippen LogP contribution < -0.4 is 0 Å². The average molecular weight is 204 g/mol. The lowest BCUT2D eigenvalue weighted by Gasteiger charge is -2.10. The molecule has 0 saturated heterocycles. The number of nitrogens with zero attached hydrogens (tertiary/aromatic N) is 2. The van der Waals surface area contributed by atoms with Gasteiger partial charge in [-0.25, -0.2) is 8.42 Å². The van der Waals surface area contributed by atoms with E-state index >= 15 is 0 Å². The molecule has 1 aromatic heterocycles. The van der Waals surface area contributed by atoms with Crippen molar-refractivity contribution in [3.8, 4) is 0 Å². The normalized spacial score (nSPS) is 12.3. The first-order valence-corrected chi connectivity index (χ1v) is 5.58. The van der Waals surface area contributed by atoms with Gasteiger partial charge in [0, 0.05) is 13.1 Å². The second kappa shape index (κ2) is 3.47. The first kappa shape index (κ1) is 10.2. The molecule has 0 aromatic carbocycles. The topological polar surface area (TPSA) is 63.4 Å². The third-order valence-electron chi connectivity index (χ3n) is 1.63. The van der Waals surface area contributed by atoms with Crippen molar-refractivity contribution in [3.05, 3.63) is 17.5 Å². The summed E-state index contributed by atoms with van der Waals surface area (Å²) in [6.07, 6.45) is 1.15. The van der Waals surface area contributed by atoms with Crippen LogP contribution in [-0.2, 0) is 16.6 Å².